The third kappa shape index (κ3) is 3.89. The van der Waals surface area contributed by atoms with Crippen molar-refractivity contribution in [1.29, 1.82) is 0 Å². The van der Waals surface area contributed by atoms with Crippen molar-refractivity contribution in [3.05, 3.63) is 64.2 Å². The monoisotopic (exact) mass is 375 g/mol. The Kier molecular flexibility index (Phi) is 5.01. The second-order valence-corrected chi connectivity index (χ2v) is 7.66. The number of carbonyl (C=O) groups is 1. The Bertz CT molecular complexity index is 958. The number of benzene rings is 2. The maximum atomic E-state index is 12.4. The Morgan fingerprint density at radius 2 is 1.92 bits per heavy atom. The highest BCUT2D eigenvalue weighted by Gasteiger charge is 2.22. The largest absolute Gasteiger partial charge is 0.312 e. The number of amides is 1. The number of hydrogen-bond acceptors (Lipinski definition) is 5. The molecule has 26 heavy (non-hydrogen) atoms. The van der Waals surface area contributed by atoms with Crippen molar-refractivity contribution >= 4 is 27.3 Å². The molecule has 9 heteroatoms. The number of anilines is 1. The molecule has 136 valence electrons. The van der Waals surface area contributed by atoms with E-state index in [-0.39, 0.29) is 23.0 Å². The van der Waals surface area contributed by atoms with Crippen LogP contribution in [0.25, 0.3) is 0 Å². The fourth-order valence-corrected chi connectivity index (χ4v) is 3.84. The molecule has 3 rings (SSSR count). The zero-order valence-corrected chi connectivity index (χ0v) is 14.6. The molecule has 0 saturated carbocycles. The Morgan fingerprint density at radius 1 is 1.15 bits per heavy atom. The number of nitrogens with zero attached hydrogens (tertiary/aromatic N) is 2. The highest BCUT2D eigenvalue weighted by Crippen LogP contribution is 2.23. The number of sulfonamides is 1. The van der Waals surface area contributed by atoms with Crippen LogP contribution in [-0.2, 0) is 21.4 Å². The number of rotatable bonds is 6. The van der Waals surface area contributed by atoms with Gasteiger partial charge in [0.15, 0.2) is 0 Å². The lowest BCUT2D eigenvalue weighted by Crippen LogP contribution is -2.25. The molecule has 1 N–H and O–H groups in total. The average Bonchev–Trinajstić information content (AvgIpc) is 3.06. The minimum atomic E-state index is -3.89. The molecule has 1 aliphatic heterocycles. The molecule has 0 aromatic heterocycles. The first-order valence-corrected chi connectivity index (χ1v) is 9.48. The maximum absolute atomic E-state index is 12.4. The molecular formula is C17H17N3O5S. The summed E-state index contributed by atoms with van der Waals surface area (Å²) in [6.45, 7) is 0.669. The molecule has 1 fully saturated rings. The molecule has 0 radical (unpaired) electrons. The van der Waals surface area contributed by atoms with Crippen LogP contribution < -0.4 is 9.62 Å². The van der Waals surface area contributed by atoms with Crippen molar-refractivity contribution in [1.82, 2.24) is 4.72 Å². The molecule has 0 atom stereocenters. The van der Waals surface area contributed by atoms with Crippen molar-refractivity contribution in [3.63, 3.8) is 0 Å². The van der Waals surface area contributed by atoms with Gasteiger partial charge < -0.3 is 4.90 Å². The van der Waals surface area contributed by atoms with Crippen LogP contribution in [0.1, 0.15) is 18.4 Å². The van der Waals surface area contributed by atoms with E-state index in [1.807, 2.05) is 6.07 Å². The Hall–Kier alpha value is -2.78. The van der Waals surface area contributed by atoms with Crippen LogP contribution in [0.15, 0.2) is 53.4 Å². The predicted molar refractivity (Wildman–Crippen MR) is 95.2 cm³/mol. The highest BCUT2D eigenvalue weighted by atomic mass is 32.2. The molecule has 0 aliphatic carbocycles. The molecular weight excluding hydrogens is 358 g/mol. The summed E-state index contributed by atoms with van der Waals surface area (Å²) in [5, 5.41) is 10.8. The van der Waals surface area contributed by atoms with Crippen LogP contribution in [-0.4, -0.2) is 25.8 Å². The van der Waals surface area contributed by atoms with E-state index in [9.17, 15) is 23.3 Å². The van der Waals surface area contributed by atoms with Gasteiger partial charge in [0.1, 0.15) is 0 Å². The van der Waals surface area contributed by atoms with Gasteiger partial charge in [-0.15, -0.1) is 0 Å². The summed E-state index contributed by atoms with van der Waals surface area (Å²) in [7, 11) is -3.89. The van der Waals surface area contributed by atoms with Crippen molar-refractivity contribution in [2.75, 3.05) is 11.4 Å². The van der Waals surface area contributed by atoms with Gasteiger partial charge >= 0.3 is 0 Å². The first kappa shape index (κ1) is 18.0. The van der Waals surface area contributed by atoms with E-state index in [1.165, 1.54) is 18.2 Å². The summed E-state index contributed by atoms with van der Waals surface area (Å²) in [5.74, 6) is 0.0549. The van der Waals surface area contributed by atoms with Crippen molar-refractivity contribution < 1.29 is 18.1 Å². The van der Waals surface area contributed by atoms with Gasteiger partial charge in [-0.2, -0.15) is 0 Å². The maximum Gasteiger partial charge on any atom is 0.270 e. The number of nitrogens with one attached hydrogen (secondary N) is 1. The van der Waals surface area contributed by atoms with E-state index in [0.717, 1.165) is 18.2 Å². The van der Waals surface area contributed by atoms with Crippen LogP contribution in [0.5, 0.6) is 0 Å². The predicted octanol–water partition coefficient (Wildman–Crippen LogP) is 2.20. The van der Waals surface area contributed by atoms with E-state index in [4.69, 9.17) is 0 Å². The molecule has 2 aromatic rings. The summed E-state index contributed by atoms with van der Waals surface area (Å²) in [6.07, 6.45) is 1.33. The number of hydrogen-bond donors (Lipinski definition) is 1. The molecule has 0 unspecified atom stereocenters. The molecule has 8 nitrogen and oxygen atoms in total. The van der Waals surface area contributed by atoms with Gasteiger partial charge in [-0.1, -0.05) is 18.2 Å². The van der Waals surface area contributed by atoms with Gasteiger partial charge in [0.25, 0.3) is 5.69 Å². The second-order valence-electron chi connectivity index (χ2n) is 5.90. The van der Waals surface area contributed by atoms with Gasteiger partial charge in [0.2, 0.25) is 15.9 Å². The van der Waals surface area contributed by atoms with Crippen molar-refractivity contribution in [2.45, 2.75) is 24.3 Å². The van der Waals surface area contributed by atoms with Crippen LogP contribution in [0, 0.1) is 10.1 Å². The molecule has 2 aromatic carbocycles. The van der Waals surface area contributed by atoms with Crippen LogP contribution in [0.2, 0.25) is 0 Å². The highest BCUT2D eigenvalue weighted by molar-refractivity contribution is 7.89. The van der Waals surface area contributed by atoms with E-state index >= 15 is 0 Å². The van der Waals surface area contributed by atoms with Gasteiger partial charge in [0, 0.05) is 37.3 Å². The minimum absolute atomic E-state index is 0.0148. The zero-order valence-electron chi connectivity index (χ0n) is 13.8. The van der Waals surface area contributed by atoms with Crippen LogP contribution in [0.4, 0.5) is 11.4 Å². The quantitative estimate of drug-likeness (QED) is 0.615. The lowest BCUT2D eigenvalue weighted by molar-refractivity contribution is -0.385. The van der Waals surface area contributed by atoms with Gasteiger partial charge in [-0.05, 0) is 30.2 Å². The smallest absolute Gasteiger partial charge is 0.270 e. The Balaban J connectivity index is 1.75. The Labute approximate surface area is 150 Å². The number of carbonyl (C=O) groups excluding carboxylic acids is 1. The average molecular weight is 375 g/mol. The third-order valence-electron chi connectivity index (χ3n) is 4.10. The van der Waals surface area contributed by atoms with Gasteiger partial charge in [0.05, 0.1) is 9.82 Å². The fraction of sp³-hybridized carbons (Fsp3) is 0.235. The number of non-ortho nitro benzene ring substituents is 1. The first-order valence-electron chi connectivity index (χ1n) is 8.00. The first-order chi connectivity index (χ1) is 12.4. The standard InChI is InChI=1S/C17H17N3O5S/c21-17-8-3-9-19(17)14-5-1-4-13(10-14)12-18-26(24,25)16-7-2-6-15(11-16)20(22)23/h1-2,4-7,10-11,18H,3,8-9,12H2. The SMILES string of the molecule is O=C1CCCN1c1cccc(CNS(=O)(=O)c2cccc([N+](=O)[O-])c2)c1. The molecule has 1 aliphatic rings. The molecule has 1 saturated heterocycles. The summed E-state index contributed by atoms with van der Waals surface area (Å²) < 4.78 is 27.2. The number of nitro benzene ring substituents is 1. The van der Waals surface area contributed by atoms with E-state index in [0.29, 0.717) is 18.5 Å². The Morgan fingerprint density at radius 3 is 2.62 bits per heavy atom. The molecule has 1 heterocycles. The van der Waals surface area contributed by atoms with E-state index in [2.05, 4.69) is 4.72 Å². The normalized spacial score (nSPS) is 14.6. The summed E-state index contributed by atoms with van der Waals surface area (Å²) in [4.78, 5) is 23.5. The molecule has 1 amide bonds. The lowest BCUT2D eigenvalue weighted by atomic mass is 10.2. The second kappa shape index (κ2) is 7.22. The topological polar surface area (TPSA) is 110 Å². The fourth-order valence-electron chi connectivity index (χ4n) is 2.78. The number of nitro groups is 1. The van der Waals surface area contributed by atoms with Crippen molar-refractivity contribution in [3.8, 4) is 0 Å². The van der Waals surface area contributed by atoms with Gasteiger partial charge in [-0.3, -0.25) is 14.9 Å². The third-order valence-corrected chi connectivity index (χ3v) is 5.50. The van der Waals surface area contributed by atoms with E-state index in [1.54, 1.807) is 23.1 Å². The molecule has 0 bridgehead atoms. The van der Waals surface area contributed by atoms with Crippen LogP contribution >= 0.6 is 0 Å². The summed E-state index contributed by atoms with van der Waals surface area (Å²) >= 11 is 0. The van der Waals surface area contributed by atoms with Crippen molar-refractivity contribution in [2.24, 2.45) is 0 Å². The summed E-state index contributed by atoms with van der Waals surface area (Å²) in [6, 6.07) is 12.0. The van der Waals surface area contributed by atoms with Gasteiger partial charge in [-0.25, -0.2) is 13.1 Å². The lowest BCUT2D eigenvalue weighted by Gasteiger charge is -2.16. The zero-order chi connectivity index (χ0) is 18.7. The molecule has 0 spiro atoms. The summed E-state index contributed by atoms with van der Waals surface area (Å²) in [5.41, 5.74) is 1.14. The van der Waals surface area contributed by atoms with E-state index < -0.39 is 14.9 Å². The minimum Gasteiger partial charge on any atom is -0.312 e. The van der Waals surface area contributed by atoms with Crippen LogP contribution in [0.3, 0.4) is 0 Å².